The van der Waals surface area contributed by atoms with Crippen LogP contribution in [0, 0.1) is 0 Å². The van der Waals surface area contributed by atoms with E-state index in [1.165, 1.54) is 0 Å². The van der Waals surface area contributed by atoms with Crippen molar-refractivity contribution in [3.8, 4) is 11.5 Å². The molecule has 1 amide bonds. The molecule has 5 heteroatoms. The van der Waals surface area contributed by atoms with E-state index in [1.54, 1.807) is 19.1 Å². The van der Waals surface area contributed by atoms with Crippen LogP contribution in [0.15, 0.2) is 54.6 Å². The van der Waals surface area contributed by atoms with Gasteiger partial charge in [-0.3, -0.25) is 4.79 Å². The molecular weight excluding hydrogens is 304 g/mol. The van der Waals surface area contributed by atoms with Crippen molar-refractivity contribution in [3.05, 3.63) is 60.2 Å². The zero-order valence-electron chi connectivity index (χ0n) is 14.1. The van der Waals surface area contributed by atoms with Gasteiger partial charge in [0.1, 0.15) is 18.1 Å². The maximum Gasteiger partial charge on any atom is 0.239 e. The summed E-state index contributed by atoms with van der Waals surface area (Å²) in [6.45, 7) is 0.889. The molecule has 0 radical (unpaired) electrons. The number of carbonyl (C=O) groups excluding carboxylic acids is 1. The van der Waals surface area contributed by atoms with Crippen molar-refractivity contribution < 1.29 is 14.3 Å². The third-order valence-corrected chi connectivity index (χ3v) is 3.75. The molecule has 1 atom stereocenters. The number of methoxy groups -OCH3 is 1. The summed E-state index contributed by atoms with van der Waals surface area (Å²) in [6, 6.07) is 16.6. The van der Waals surface area contributed by atoms with Gasteiger partial charge in [-0.2, -0.15) is 0 Å². The number of carbonyl (C=O) groups is 1. The zero-order valence-corrected chi connectivity index (χ0v) is 14.1. The Labute approximate surface area is 143 Å². The van der Waals surface area contributed by atoms with Crippen LogP contribution in [0.25, 0.3) is 0 Å². The molecule has 0 saturated heterocycles. The highest BCUT2D eigenvalue weighted by atomic mass is 16.5. The molecule has 2 rings (SSSR count). The van der Waals surface area contributed by atoms with Gasteiger partial charge >= 0.3 is 0 Å². The molecule has 0 heterocycles. The Balaban J connectivity index is 1.76. The first-order valence-electron chi connectivity index (χ1n) is 7.91. The largest absolute Gasteiger partial charge is 0.497 e. The summed E-state index contributed by atoms with van der Waals surface area (Å²) in [5.74, 6) is 1.43. The maximum atomic E-state index is 12.3. The molecule has 0 spiro atoms. The topological polar surface area (TPSA) is 64.8 Å². The second-order valence-corrected chi connectivity index (χ2v) is 5.58. The molecule has 0 aliphatic rings. The Morgan fingerprint density at radius 1 is 1.08 bits per heavy atom. The molecule has 128 valence electrons. The number of likely N-dealkylation sites (N-methyl/N-ethyl adjacent to an activating group) is 1. The lowest BCUT2D eigenvalue weighted by Crippen LogP contribution is -2.44. The van der Waals surface area contributed by atoms with Gasteiger partial charge in [0, 0.05) is 7.05 Å². The molecule has 5 nitrogen and oxygen atoms in total. The van der Waals surface area contributed by atoms with Gasteiger partial charge in [0.15, 0.2) is 0 Å². The first kappa shape index (κ1) is 17.8. The summed E-state index contributed by atoms with van der Waals surface area (Å²) >= 11 is 0. The Hall–Kier alpha value is -2.53. The summed E-state index contributed by atoms with van der Waals surface area (Å²) in [6.07, 6.45) is 0.531. The van der Waals surface area contributed by atoms with Crippen LogP contribution in [0.3, 0.4) is 0 Å². The van der Waals surface area contributed by atoms with Crippen LogP contribution in [0.2, 0.25) is 0 Å². The number of ether oxygens (including phenoxy) is 2. The van der Waals surface area contributed by atoms with Crippen molar-refractivity contribution in [3.63, 3.8) is 0 Å². The van der Waals surface area contributed by atoms with Crippen LogP contribution in [0.5, 0.6) is 11.5 Å². The summed E-state index contributed by atoms with van der Waals surface area (Å²) in [5.41, 5.74) is 7.08. The minimum Gasteiger partial charge on any atom is -0.497 e. The lowest BCUT2D eigenvalue weighted by atomic mass is 10.1. The fraction of sp³-hybridized carbons (Fsp3) is 0.316. The van der Waals surface area contributed by atoms with E-state index in [0.717, 1.165) is 17.1 Å². The highest BCUT2D eigenvalue weighted by molar-refractivity contribution is 5.81. The van der Waals surface area contributed by atoms with Gasteiger partial charge in [0.2, 0.25) is 5.91 Å². The van der Waals surface area contributed by atoms with E-state index >= 15 is 0 Å². The first-order chi connectivity index (χ1) is 11.6. The third kappa shape index (κ3) is 5.28. The molecule has 0 aliphatic carbocycles. The average Bonchev–Trinajstić information content (AvgIpc) is 2.62. The van der Waals surface area contributed by atoms with Crippen LogP contribution in [-0.2, 0) is 11.2 Å². The van der Waals surface area contributed by atoms with Crippen LogP contribution in [-0.4, -0.2) is 44.2 Å². The third-order valence-electron chi connectivity index (χ3n) is 3.75. The number of hydrogen-bond donors (Lipinski definition) is 1. The molecule has 24 heavy (non-hydrogen) atoms. The highest BCUT2D eigenvalue weighted by Gasteiger charge is 2.18. The van der Waals surface area contributed by atoms with Gasteiger partial charge in [-0.15, -0.1) is 0 Å². The van der Waals surface area contributed by atoms with E-state index in [1.807, 2.05) is 54.6 Å². The lowest BCUT2D eigenvalue weighted by molar-refractivity contribution is -0.131. The molecule has 0 saturated carbocycles. The summed E-state index contributed by atoms with van der Waals surface area (Å²) in [7, 11) is 3.36. The van der Waals surface area contributed by atoms with Gasteiger partial charge in [0.25, 0.3) is 0 Å². The lowest BCUT2D eigenvalue weighted by Gasteiger charge is -2.21. The summed E-state index contributed by atoms with van der Waals surface area (Å²) < 4.78 is 10.7. The van der Waals surface area contributed by atoms with E-state index < -0.39 is 6.04 Å². The van der Waals surface area contributed by atoms with Crippen molar-refractivity contribution in [2.45, 2.75) is 12.5 Å². The standard InChI is InChI=1S/C19H24N2O3/c1-21(12-13-24-17-10-8-16(23-2)9-11-17)19(22)18(20)14-15-6-4-3-5-7-15/h3-11,18H,12-14,20H2,1-2H3. The fourth-order valence-electron chi connectivity index (χ4n) is 2.32. The molecule has 0 bridgehead atoms. The van der Waals surface area contributed by atoms with E-state index in [-0.39, 0.29) is 5.91 Å². The number of rotatable bonds is 8. The molecule has 0 fully saturated rings. The number of amides is 1. The SMILES string of the molecule is COc1ccc(OCCN(C)C(=O)C(N)Cc2ccccc2)cc1. The Morgan fingerprint density at radius 2 is 1.71 bits per heavy atom. The van der Waals surface area contributed by atoms with Crippen molar-refractivity contribution >= 4 is 5.91 Å². The predicted octanol–water partition coefficient (Wildman–Crippen LogP) is 2.10. The predicted molar refractivity (Wildman–Crippen MR) is 94.2 cm³/mol. The number of nitrogens with zero attached hydrogens (tertiary/aromatic N) is 1. The Bertz CT molecular complexity index is 629. The highest BCUT2D eigenvalue weighted by Crippen LogP contribution is 2.16. The molecule has 2 N–H and O–H groups in total. The summed E-state index contributed by atoms with van der Waals surface area (Å²) in [4.78, 5) is 13.9. The number of hydrogen-bond acceptors (Lipinski definition) is 4. The van der Waals surface area contributed by atoms with E-state index in [4.69, 9.17) is 15.2 Å². The van der Waals surface area contributed by atoms with E-state index in [0.29, 0.717) is 19.6 Å². The van der Waals surface area contributed by atoms with Crippen LogP contribution in [0.4, 0.5) is 0 Å². The van der Waals surface area contributed by atoms with Gasteiger partial charge in [-0.25, -0.2) is 0 Å². The number of benzene rings is 2. The molecular formula is C19H24N2O3. The zero-order chi connectivity index (χ0) is 17.4. The van der Waals surface area contributed by atoms with Gasteiger partial charge in [-0.1, -0.05) is 30.3 Å². The summed E-state index contributed by atoms with van der Waals surface area (Å²) in [5, 5.41) is 0. The van der Waals surface area contributed by atoms with E-state index in [9.17, 15) is 4.79 Å². The van der Waals surface area contributed by atoms with Crippen molar-refractivity contribution in [2.75, 3.05) is 27.3 Å². The minimum absolute atomic E-state index is 0.0859. The second-order valence-electron chi connectivity index (χ2n) is 5.58. The smallest absolute Gasteiger partial charge is 0.239 e. The number of nitrogens with two attached hydrogens (primary N) is 1. The quantitative estimate of drug-likeness (QED) is 0.806. The molecule has 0 aromatic heterocycles. The molecule has 1 unspecified atom stereocenters. The van der Waals surface area contributed by atoms with E-state index in [2.05, 4.69) is 0 Å². The minimum atomic E-state index is -0.543. The average molecular weight is 328 g/mol. The van der Waals surface area contributed by atoms with Crippen LogP contribution in [0.1, 0.15) is 5.56 Å². The van der Waals surface area contributed by atoms with Crippen LogP contribution >= 0.6 is 0 Å². The Morgan fingerprint density at radius 3 is 2.33 bits per heavy atom. The van der Waals surface area contributed by atoms with Crippen molar-refractivity contribution in [1.29, 1.82) is 0 Å². The van der Waals surface area contributed by atoms with Crippen molar-refractivity contribution in [1.82, 2.24) is 4.90 Å². The van der Waals surface area contributed by atoms with Gasteiger partial charge < -0.3 is 20.1 Å². The normalized spacial score (nSPS) is 11.6. The molecule has 2 aromatic carbocycles. The molecule has 0 aliphatic heterocycles. The van der Waals surface area contributed by atoms with Gasteiger partial charge in [0.05, 0.1) is 19.7 Å². The second kappa shape index (κ2) is 8.93. The maximum absolute atomic E-state index is 12.3. The first-order valence-corrected chi connectivity index (χ1v) is 7.91. The fourth-order valence-corrected chi connectivity index (χ4v) is 2.32. The van der Waals surface area contributed by atoms with Crippen molar-refractivity contribution in [2.24, 2.45) is 5.73 Å². The van der Waals surface area contributed by atoms with Crippen LogP contribution < -0.4 is 15.2 Å². The Kier molecular flexibility index (Phi) is 6.63. The monoisotopic (exact) mass is 328 g/mol. The van der Waals surface area contributed by atoms with Gasteiger partial charge in [-0.05, 0) is 36.2 Å². The molecule has 2 aromatic rings.